The Morgan fingerprint density at radius 2 is 1.84 bits per heavy atom. The number of benzene rings is 1. The van der Waals surface area contributed by atoms with Crippen molar-refractivity contribution in [3.05, 3.63) is 52.3 Å². The SMILES string of the molecule is COC(=O)c1c(C)c(C(=O)CN(C[C@H]2CCCO2)S(=O)(=O)c2ccc(C)cc2)c(C)n1C. The van der Waals surface area contributed by atoms with Gasteiger partial charge in [-0.2, -0.15) is 4.31 Å². The number of carbonyl (C=O) groups is 2. The first-order chi connectivity index (χ1) is 15.1. The number of hydrogen-bond donors (Lipinski definition) is 0. The van der Waals surface area contributed by atoms with Gasteiger partial charge in [0.15, 0.2) is 5.78 Å². The number of nitrogens with zero attached hydrogens (tertiary/aromatic N) is 2. The zero-order valence-corrected chi connectivity index (χ0v) is 20.0. The van der Waals surface area contributed by atoms with Gasteiger partial charge in [0, 0.05) is 31.5 Å². The second-order valence-electron chi connectivity index (χ2n) is 8.15. The number of esters is 1. The van der Waals surface area contributed by atoms with E-state index < -0.39 is 16.0 Å². The highest BCUT2D eigenvalue weighted by Crippen LogP contribution is 2.25. The molecule has 1 saturated heterocycles. The van der Waals surface area contributed by atoms with Crippen LogP contribution in [0.2, 0.25) is 0 Å². The quantitative estimate of drug-likeness (QED) is 0.442. The maximum Gasteiger partial charge on any atom is 0.354 e. The molecule has 0 N–H and O–H groups in total. The first kappa shape index (κ1) is 24.2. The first-order valence-electron chi connectivity index (χ1n) is 10.5. The molecule has 1 aliphatic rings. The van der Waals surface area contributed by atoms with Gasteiger partial charge in [-0.3, -0.25) is 4.79 Å². The number of ketones is 1. The zero-order chi connectivity index (χ0) is 23.6. The average molecular weight is 463 g/mol. The number of ether oxygens (including phenoxy) is 2. The van der Waals surface area contributed by atoms with Crippen LogP contribution in [0, 0.1) is 20.8 Å². The Balaban J connectivity index is 1.97. The number of Topliss-reactive ketones (excluding diaryl/α,β-unsaturated/α-hetero) is 1. The van der Waals surface area contributed by atoms with Crippen LogP contribution in [-0.4, -0.2) is 62.0 Å². The van der Waals surface area contributed by atoms with Crippen molar-refractivity contribution in [1.82, 2.24) is 8.87 Å². The molecular weight excluding hydrogens is 432 g/mol. The molecule has 9 heteroatoms. The van der Waals surface area contributed by atoms with Crippen LogP contribution in [-0.2, 0) is 26.5 Å². The Labute approximate surface area is 189 Å². The van der Waals surface area contributed by atoms with E-state index >= 15 is 0 Å². The molecule has 8 nitrogen and oxygen atoms in total. The van der Waals surface area contributed by atoms with Gasteiger partial charge >= 0.3 is 5.97 Å². The molecule has 1 aromatic heterocycles. The molecule has 0 bridgehead atoms. The van der Waals surface area contributed by atoms with Crippen molar-refractivity contribution >= 4 is 21.8 Å². The number of aryl methyl sites for hydroxylation is 1. The van der Waals surface area contributed by atoms with Crippen LogP contribution in [0.1, 0.15) is 50.5 Å². The molecule has 1 atom stereocenters. The number of rotatable bonds is 8. The summed E-state index contributed by atoms with van der Waals surface area (Å²) >= 11 is 0. The minimum Gasteiger partial charge on any atom is -0.464 e. The van der Waals surface area contributed by atoms with Gasteiger partial charge in [0.25, 0.3) is 0 Å². The lowest BCUT2D eigenvalue weighted by Gasteiger charge is -2.24. The lowest BCUT2D eigenvalue weighted by molar-refractivity contribution is 0.0588. The van der Waals surface area contributed by atoms with Gasteiger partial charge in [0.2, 0.25) is 10.0 Å². The van der Waals surface area contributed by atoms with Gasteiger partial charge in [0.1, 0.15) is 5.69 Å². The summed E-state index contributed by atoms with van der Waals surface area (Å²) in [6.07, 6.45) is 1.34. The van der Waals surface area contributed by atoms with E-state index in [2.05, 4.69) is 0 Å². The van der Waals surface area contributed by atoms with Crippen molar-refractivity contribution in [3.63, 3.8) is 0 Å². The fourth-order valence-corrected chi connectivity index (χ4v) is 5.56. The molecule has 1 aliphatic heterocycles. The van der Waals surface area contributed by atoms with Crippen molar-refractivity contribution in [1.29, 1.82) is 0 Å². The number of sulfonamides is 1. The Bertz CT molecular complexity index is 1110. The third-order valence-electron chi connectivity index (χ3n) is 6.00. The molecule has 1 aromatic carbocycles. The standard InChI is InChI=1S/C23H30N2O6S/c1-15-8-10-19(11-9-15)32(28,29)25(13-18-7-6-12-31-18)14-20(26)21-16(2)22(23(27)30-5)24(4)17(21)3/h8-11,18H,6-7,12-14H2,1-5H3/t18-/m1/s1. The summed E-state index contributed by atoms with van der Waals surface area (Å²) in [6, 6.07) is 6.55. The van der Waals surface area contributed by atoms with E-state index in [9.17, 15) is 18.0 Å². The molecule has 0 unspecified atom stereocenters. The molecule has 1 fully saturated rings. The summed E-state index contributed by atoms with van der Waals surface area (Å²) in [5.74, 6) is -0.921. The zero-order valence-electron chi connectivity index (χ0n) is 19.2. The third-order valence-corrected chi connectivity index (χ3v) is 7.82. The fraction of sp³-hybridized carbons (Fsp3) is 0.478. The predicted molar refractivity (Wildman–Crippen MR) is 119 cm³/mol. The molecular formula is C23H30N2O6S. The minimum atomic E-state index is -3.92. The van der Waals surface area contributed by atoms with E-state index in [1.54, 1.807) is 49.7 Å². The highest BCUT2D eigenvalue weighted by atomic mass is 32.2. The fourth-order valence-electron chi connectivity index (χ4n) is 4.14. The van der Waals surface area contributed by atoms with Crippen molar-refractivity contribution in [2.24, 2.45) is 7.05 Å². The summed E-state index contributed by atoms with van der Waals surface area (Å²) in [7, 11) is -0.964. The summed E-state index contributed by atoms with van der Waals surface area (Å²) in [4.78, 5) is 25.7. The van der Waals surface area contributed by atoms with Crippen molar-refractivity contribution < 1.29 is 27.5 Å². The van der Waals surface area contributed by atoms with Gasteiger partial charge < -0.3 is 14.0 Å². The van der Waals surface area contributed by atoms with E-state index in [-0.39, 0.29) is 35.6 Å². The monoisotopic (exact) mass is 462 g/mol. The van der Waals surface area contributed by atoms with Crippen LogP contribution in [0.25, 0.3) is 0 Å². The molecule has 2 heterocycles. The predicted octanol–water partition coefficient (Wildman–Crippen LogP) is 2.79. The van der Waals surface area contributed by atoms with Crippen LogP contribution in [0.15, 0.2) is 29.2 Å². The smallest absolute Gasteiger partial charge is 0.354 e. The first-order valence-corrected chi connectivity index (χ1v) is 12.0. The van der Waals surface area contributed by atoms with Crippen molar-refractivity contribution in [2.45, 2.75) is 44.6 Å². The van der Waals surface area contributed by atoms with Crippen LogP contribution >= 0.6 is 0 Å². The van der Waals surface area contributed by atoms with E-state index in [0.29, 0.717) is 23.4 Å². The molecule has 32 heavy (non-hydrogen) atoms. The lowest BCUT2D eigenvalue weighted by Crippen LogP contribution is -2.41. The number of carbonyl (C=O) groups excluding carboxylic acids is 2. The van der Waals surface area contributed by atoms with Crippen LogP contribution in [0.5, 0.6) is 0 Å². The highest BCUT2D eigenvalue weighted by Gasteiger charge is 2.33. The second kappa shape index (κ2) is 9.56. The van der Waals surface area contributed by atoms with Crippen molar-refractivity contribution in [2.75, 3.05) is 26.8 Å². The van der Waals surface area contributed by atoms with Crippen LogP contribution < -0.4 is 0 Å². The topological polar surface area (TPSA) is 94.9 Å². The van der Waals surface area contributed by atoms with Crippen molar-refractivity contribution in [3.8, 4) is 0 Å². The molecule has 0 saturated carbocycles. The van der Waals surface area contributed by atoms with Crippen LogP contribution in [0.4, 0.5) is 0 Å². The Kier molecular flexibility index (Phi) is 7.22. The minimum absolute atomic E-state index is 0.0940. The molecule has 0 spiro atoms. The Morgan fingerprint density at radius 3 is 2.41 bits per heavy atom. The normalized spacial score (nSPS) is 16.5. The summed E-state index contributed by atoms with van der Waals surface area (Å²) in [6.45, 7) is 5.61. The second-order valence-corrected chi connectivity index (χ2v) is 10.1. The van der Waals surface area contributed by atoms with E-state index in [0.717, 1.165) is 18.4 Å². The van der Waals surface area contributed by atoms with Gasteiger partial charge in [-0.05, 0) is 51.3 Å². The molecule has 0 aliphatic carbocycles. The van der Waals surface area contributed by atoms with Gasteiger partial charge in [0.05, 0.1) is 24.7 Å². The Hall–Kier alpha value is -2.49. The average Bonchev–Trinajstić information content (AvgIpc) is 3.33. The highest BCUT2D eigenvalue weighted by molar-refractivity contribution is 7.89. The lowest BCUT2D eigenvalue weighted by atomic mass is 10.1. The molecule has 174 valence electrons. The molecule has 0 radical (unpaired) electrons. The molecule has 3 rings (SSSR count). The molecule has 0 amide bonds. The van der Waals surface area contributed by atoms with Gasteiger partial charge in [-0.25, -0.2) is 13.2 Å². The van der Waals surface area contributed by atoms with E-state index in [4.69, 9.17) is 9.47 Å². The molecule has 2 aromatic rings. The Morgan fingerprint density at radius 1 is 1.19 bits per heavy atom. The summed E-state index contributed by atoms with van der Waals surface area (Å²) in [5.41, 5.74) is 2.62. The largest absolute Gasteiger partial charge is 0.464 e. The third kappa shape index (κ3) is 4.65. The van der Waals surface area contributed by atoms with E-state index in [1.165, 1.54) is 11.4 Å². The van der Waals surface area contributed by atoms with Gasteiger partial charge in [-0.15, -0.1) is 0 Å². The summed E-state index contributed by atoms with van der Waals surface area (Å²) < 4.78 is 40.2. The maximum absolute atomic E-state index is 13.4. The maximum atomic E-state index is 13.4. The number of methoxy groups -OCH3 is 1. The van der Waals surface area contributed by atoms with Crippen LogP contribution in [0.3, 0.4) is 0 Å². The number of aromatic nitrogens is 1. The van der Waals surface area contributed by atoms with Gasteiger partial charge in [-0.1, -0.05) is 17.7 Å². The van der Waals surface area contributed by atoms with E-state index in [1.807, 2.05) is 6.92 Å². The number of hydrogen-bond acceptors (Lipinski definition) is 6. The summed E-state index contributed by atoms with van der Waals surface area (Å²) in [5, 5.41) is 0.